The second kappa shape index (κ2) is 18.4. The summed E-state index contributed by atoms with van der Waals surface area (Å²) in [5.41, 5.74) is -0.688. The molecule has 0 spiro atoms. The van der Waals surface area contributed by atoms with E-state index in [2.05, 4.69) is 0 Å². The highest BCUT2D eigenvalue weighted by Gasteiger charge is 2.25. The van der Waals surface area contributed by atoms with Gasteiger partial charge in [0, 0.05) is 13.8 Å². The molecule has 29 heavy (non-hydrogen) atoms. The molecule has 7 nitrogen and oxygen atoms in total. The van der Waals surface area contributed by atoms with E-state index in [-0.39, 0.29) is 11.9 Å². The van der Waals surface area contributed by atoms with Gasteiger partial charge in [-0.25, -0.2) is 0 Å². The molecule has 0 unspecified atom stereocenters. The first-order chi connectivity index (χ1) is 13.9. The monoisotopic (exact) mass is 416 g/mol. The zero-order chi connectivity index (χ0) is 21.8. The zero-order valence-electron chi connectivity index (χ0n) is 18.3. The van der Waals surface area contributed by atoms with Crippen LogP contribution in [0.1, 0.15) is 97.3 Å². The van der Waals surface area contributed by atoms with Gasteiger partial charge >= 0.3 is 11.9 Å². The highest BCUT2D eigenvalue weighted by atomic mass is 16.5. The van der Waals surface area contributed by atoms with Crippen LogP contribution in [0.4, 0.5) is 0 Å². The molecule has 0 saturated heterocycles. The minimum absolute atomic E-state index is 0.245. The second-order valence-electron chi connectivity index (χ2n) is 7.66. The van der Waals surface area contributed by atoms with Gasteiger partial charge in [0.25, 0.3) is 6.47 Å². The molecule has 1 N–H and O–H groups in total. The second-order valence-corrected chi connectivity index (χ2v) is 7.66. The lowest BCUT2D eigenvalue weighted by molar-refractivity contribution is -0.142. The van der Waals surface area contributed by atoms with Gasteiger partial charge in [0.2, 0.25) is 0 Å². The fourth-order valence-corrected chi connectivity index (χ4v) is 3.31. The van der Waals surface area contributed by atoms with Crippen molar-refractivity contribution < 1.29 is 33.7 Å². The van der Waals surface area contributed by atoms with Crippen LogP contribution in [0.3, 0.4) is 0 Å². The molecule has 7 heteroatoms. The molecule has 0 amide bonds. The Hall–Kier alpha value is -1.63. The van der Waals surface area contributed by atoms with Crippen LogP contribution < -0.4 is 0 Å². The Morgan fingerprint density at radius 2 is 1.07 bits per heavy atom. The summed E-state index contributed by atoms with van der Waals surface area (Å²) in [5, 5.41) is 11.1. The number of ether oxygens (including phenoxy) is 3. The quantitative estimate of drug-likeness (QED) is 0.138. The van der Waals surface area contributed by atoms with Crippen molar-refractivity contribution >= 4 is 18.4 Å². The van der Waals surface area contributed by atoms with Crippen LogP contribution in [-0.4, -0.2) is 48.9 Å². The number of carbonyl (C=O) groups excluding carboxylic acids is 3. The summed E-state index contributed by atoms with van der Waals surface area (Å²) < 4.78 is 14.6. The van der Waals surface area contributed by atoms with E-state index in [1.807, 2.05) is 0 Å². The van der Waals surface area contributed by atoms with Crippen molar-refractivity contribution in [3.63, 3.8) is 0 Å². The Bertz CT molecular complexity index is 409. The SMILES string of the molecule is CC(=O)OCCCCCCC(O)(CCCCCCOC(C)=O)CCCCOC=O. The van der Waals surface area contributed by atoms with E-state index in [1.165, 1.54) is 13.8 Å². The van der Waals surface area contributed by atoms with E-state index < -0.39 is 5.60 Å². The first-order valence-corrected chi connectivity index (χ1v) is 10.9. The average Bonchev–Trinajstić information content (AvgIpc) is 2.66. The summed E-state index contributed by atoms with van der Waals surface area (Å²) in [6.45, 7) is 4.60. The lowest BCUT2D eigenvalue weighted by Gasteiger charge is -2.28. The number of rotatable bonds is 20. The van der Waals surface area contributed by atoms with Crippen LogP contribution in [0.5, 0.6) is 0 Å². The molecular formula is C22H40O7. The van der Waals surface area contributed by atoms with Gasteiger partial charge in [0.05, 0.1) is 25.4 Å². The largest absolute Gasteiger partial charge is 0.468 e. The van der Waals surface area contributed by atoms with Crippen LogP contribution in [0.25, 0.3) is 0 Å². The van der Waals surface area contributed by atoms with Crippen LogP contribution >= 0.6 is 0 Å². The molecule has 0 aromatic heterocycles. The minimum Gasteiger partial charge on any atom is -0.468 e. The van der Waals surface area contributed by atoms with E-state index >= 15 is 0 Å². The fraction of sp³-hybridized carbons (Fsp3) is 0.864. The third kappa shape index (κ3) is 19.5. The predicted octanol–water partition coefficient (Wildman–Crippen LogP) is 4.09. The lowest BCUT2D eigenvalue weighted by atomic mass is 9.85. The number of carbonyl (C=O) groups is 3. The van der Waals surface area contributed by atoms with E-state index in [1.54, 1.807) is 0 Å². The van der Waals surface area contributed by atoms with Crippen molar-refractivity contribution in [2.24, 2.45) is 0 Å². The highest BCUT2D eigenvalue weighted by Crippen LogP contribution is 2.28. The van der Waals surface area contributed by atoms with Crippen molar-refractivity contribution in [3.8, 4) is 0 Å². The molecule has 0 bridgehead atoms. The van der Waals surface area contributed by atoms with Crippen molar-refractivity contribution in [1.82, 2.24) is 0 Å². The Morgan fingerprint density at radius 1 is 0.690 bits per heavy atom. The molecule has 0 aromatic carbocycles. The fourth-order valence-electron chi connectivity index (χ4n) is 3.31. The van der Waals surface area contributed by atoms with Gasteiger partial charge in [-0.2, -0.15) is 0 Å². The van der Waals surface area contributed by atoms with Gasteiger partial charge in [-0.3, -0.25) is 14.4 Å². The first kappa shape index (κ1) is 27.4. The van der Waals surface area contributed by atoms with Crippen LogP contribution in [0.2, 0.25) is 0 Å². The molecular weight excluding hydrogens is 376 g/mol. The van der Waals surface area contributed by atoms with E-state index in [0.29, 0.717) is 32.7 Å². The summed E-state index contributed by atoms with van der Waals surface area (Å²) >= 11 is 0. The number of esters is 2. The maximum Gasteiger partial charge on any atom is 0.302 e. The van der Waals surface area contributed by atoms with Crippen LogP contribution in [0.15, 0.2) is 0 Å². The molecule has 0 radical (unpaired) electrons. The van der Waals surface area contributed by atoms with Gasteiger partial charge in [0.1, 0.15) is 0 Å². The van der Waals surface area contributed by atoms with E-state index in [9.17, 15) is 19.5 Å². The number of hydrogen-bond acceptors (Lipinski definition) is 7. The Kier molecular flexibility index (Phi) is 17.4. The Balaban J connectivity index is 4.09. The van der Waals surface area contributed by atoms with Crippen molar-refractivity contribution in [3.05, 3.63) is 0 Å². The van der Waals surface area contributed by atoms with Gasteiger partial charge in [0.15, 0.2) is 0 Å². The van der Waals surface area contributed by atoms with Gasteiger partial charge in [-0.05, 0) is 44.9 Å². The summed E-state index contributed by atoms with van der Waals surface area (Å²) in [6, 6.07) is 0. The molecule has 0 rings (SSSR count). The Morgan fingerprint density at radius 3 is 1.48 bits per heavy atom. The number of aliphatic hydroxyl groups is 1. The van der Waals surface area contributed by atoms with Gasteiger partial charge < -0.3 is 19.3 Å². The van der Waals surface area contributed by atoms with Crippen LogP contribution in [0, 0.1) is 0 Å². The topological polar surface area (TPSA) is 99.1 Å². The highest BCUT2D eigenvalue weighted by molar-refractivity contribution is 5.66. The molecule has 0 atom stereocenters. The predicted molar refractivity (Wildman–Crippen MR) is 110 cm³/mol. The zero-order valence-corrected chi connectivity index (χ0v) is 18.3. The maximum absolute atomic E-state index is 11.1. The third-order valence-corrected chi connectivity index (χ3v) is 4.91. The molecule has 0 aliphatic rings. The normalized spacial score (nSPS) is 11.1. The van der Waals surface area contributed by atoms with Crippen LogP contribution in [-0.2, 0) is 28.6 Å². The molecule has 0 heterocycles. The maximum atomic E-state index is 11.1. The summed E-state index contributed by atoms with van der Waals surface area (Å²) in [5.74, 6) is -0.489. The smallest absolute Gasteiger partial charge is 0.302 e. The summed E-state index contributed by atoms with van der Waals surface area (Å²) in [7, 11) is 0. The third-order valence-electron chi connectivity index (χ3n) is 4.91. The summed E-state index contributed by atoms with van der Waals surface area (Å²) in [4.78, 5) is 31.7. The van der Waals surface area contributed by atoms with Gasteiger partial charge in [-0.15, -0.1) is 0 Å². The Labute approximate surface area is 175 Å². The van der Waals surface area contributed by atoms with Crippen molar-refractivity contribution in [2.45, 2.75) is 103 Å². The first-order valence-electron chi connectivity index (χ1n) is 10.9. The number of unbranched alkanes of at least 4 members (excludes halogenated alkanes) is 7. The van der Waals surface area contributed by atoms with Gasteiger partial charge in [-0.1, -0.05) is 38.5 Å². The van der Waals surface area contributed by atoms with Crippen molar-refractivity contribution in [2.75, 3.05) is 19.8 Å². The molecule has 0 aliphatic carbocycles. The lowest BCUT2D eigenvalue weighted by Crippen LogP contribution is -2.28. The van der Waals surface area contributed by atoms with Crippen molar-refractivity contribution in [1.29, 1.82) is 0 Å². The molecule has 0 aromatic rings. The average molecular weight is 417 g/mol. The van der Waals surface area contributed by atoms with E-state index in [4.69, 9.17) is 14.2 Å². The molecule has 0 saturated carbocycles. The number of hydrogen-bond donors (Lipinski definition) is 1. The minimum atomic E-state index is -0.688. The molecule has 0 aliphatic heterocycles. The molecule has 170 valence electrons. The standard InChI is InChI=1S/C22H40O7/c1-20(24)28-17-10-5-3-7-13-22(26,15-9-12-16-27-19-23)14-8-4-6-11-18-29-21(2)25/h19,26H,3-18H2,1-2H3. The molecule has 0 fully saturated rings. The summed E-state index contributed by atoms with van der Waals surface area (Å²) in [6.07, 6.45) is 11.3. The van der Waals surface area contributed by atoms with E-state index in [0.717, 1.165) is 77.0 Å².